The lowest BCUT2D eigenvalue weighted by Crippen LogP contribution is -2.40. The molecule has 0 atom stereocenters. The van der Waals surface area contributed by atoms with Crippen LogP contribution in [0.25, 0.3) is 0 Å². The maximum atomic E-state index is 12.2. The molecule has 0 fully saturated rings. The Balaban J connectivity index is 2.83. The molecule has 1 aromatic rings. The zero-order chi connectivity index (χ0) is 14.6. The van der Waals surface area contributed by atoms with Crippen molar-refractivity contribution < 1.29 is 13.2 Å². The molecule has 0 saturated heterocycles. The Morgan fingerprint density at radius 3 is 2.42 bits per heavy atom. The van der Waals surface area contributed by atoms with Gasteiger partial charge in [0.2, 0.25) is 5.91 Å². The van der Waals surface area contributed by atoms with Gasteiger partial charge in [-0.1, -0.05) is 11.3 Å². The number of carbonyl (C=O) groups is 1. The summed E-state index contributed by atoms with van der Waals surface area (Å²) in [5, 5.41) is 0.182. The number of carbonyl (C=O) groups excluding carboxylic acids is 1. The maximum absolute atomic E-state index is 12.2. The smallest absolute Gasteiger partial charge is 0.254 e. The highest BCUT2D eigenvalue weighted by Gasteiger charge is 2.26. The second-order valence-electron chi connectivity index (χ2n) is 3.84. The summed E-state index contributed by atoms with van der Waals surface area (Å²) in [6.07, 6.45) is 1.20. The van der Waals surface area contributed by atoms with E-state index in [0.717, 1.165) is 15.6 Å². The van der Waals surface area contributed by atoms with E-state index in [0.29, 0.717) is 13.1 Å². The van der Waals surface area contributed by atoms with E-state index in [-0.39, 0.29) is 21.8 Å². The van der Waals surface area contributed by atoms with Gasteiger partial charge in [-0.25, -0.2) is 13.4 Å². The SMILES string of the molecule is CCN(CC)C(=O)CN(C)S(=O)(=O)c1cnc(N)s1. The molecule has 9 heteroatoms. The van der Waals surface area contributed by atoms with E-state index in [9.17, 15) is 13.2 Å². The number of sulfonamides is 1. The van der Waals surface area contributed by atoms with E-state index in [4.69, 9.17) is 5.73 Å². The van der Waals surface area contributed by atoms with E-state index in [2.05, 4.69) is 4.98 Å². The molecular weight excluding hydrogens is 288 g/mol. The predicted molar refractivity (Wildman–Crippen MR) is 74.3 cm³/mol. The summed E-state index contributed by atoms with van der Waals surface area (Å²) in [6.45, 7) is 4.61. The van der Waals surface area contributed by atoms with Crippen LogP contribution in [0.5, 0.6) is 0 Å². The molecule has 0 unspecified atom stereocenters. The minimum absolute atomic E-state index is 0.0415. The Morgan fingerprint density at radius 1 is 1.42 bits per heavy atom. The lowest BCUT2D eigenvalue weighted by Gasteiger charge is -2.22. The Hall–Kier alpha value is -1.19. The van der Waals surface area contributed by atoms with Gasteiger partial charge in [-0.3, -0.25) is 4.79 Å². The number of nitrogen functional groups attached to an aromatic ring is 1. The Labute approximate surface area is 117 Å². The summed E-state index contributed by atoms with van der Waals surface area (Å²) < 4.78 is 25.4. The number of thiazole rings is 1. The molecule has 0 aliphatic carbocycles. The molecule has 0 aliphatic heterocycles. The number of hydrogen-bond donors (Lipinski definition) is 1. The quantitative estimate of drug-likeness (QED) is 0.810. The number of anilines is 1. The van der Waals surface area contributed by atoms with Crippen molar-refractivity contribution in [1.82, 2.24) is 14.2 Å². The molecule has 1 amide bonds. The zero-order valence-corrected chi connectivity index (χ0v) is 12.8. The molecule has 0 aliphatic rings. The summed E-state index contributed by atoms with van der Waals surface area (Å²) in [5.41, 5.74) is 5.42. The molecule has 0 bridgehead atoms. The average molecular weight is 306 g/mol. The molecule has 0 saturated carbocycles. The first-order valence-electron chi connectivity index (χ1n) is 5.78. The standard InChI is InChI=1S/C10H18N4O3S2/c1-4-14(5-2)8(15)7-13(3)19(16,17)9-6-12-10(11)18-9/h6H,4-5,7H2,1-3H3,(H2,11,12). The van der Waals surface area contributed by atoms with Gasteiger partial charge in [0, 0.05) is 20.1 Å². The molecule has 1 heterocycles. The first kappa shape index (κ1) is 15.9. The van der Waals surface area contributed by atoms with Gasteiger partial charge in [0.1, 0.15) is 0 Å². The minimum atomic E-state index is -3.70. The fourth-order valence-corrected chi connectivity index (χ4v) is 3.75. The fourth-order valence-electron chi connectivity index (χ4n) is 1.50. The minimum Gasteiger partial charge on any atom is -0.375 e. The van der Waals surface area contributed by atoms with Crippen LogP contribution >= 0.6 is 11.3 Å². The van der Waals surface area contributed by atoms with Gasteiger partial charge in [-0.2, -0.15) is 4.31 Å². The van der Waals surface area contributed by atoms with E-state index in [1.165, 1.54) is 13.2 Å². The van der Waals surface area contributed by atoms with Crippen LogP contribution in [0.3, 0.4) is 0 Å². The number of hydrogen-bond acceptors (Lipinski definition) is 6. The number of nitrogens with two attached hydrogens (primary N) is 1. The predicted octanol–water partition coefficient (Wildman–Crippen LogP) is 0.214. The van der Waals surface area contributed by atoms with Gasteiger partial charge in [-0.05, 0) is 13.8 Å². The van der Waals surface area contributed by atoms with Crippen molar-refractivity contribution in [2.24, 2.45) is 0 Å². The highest BCUT2D eigenvalue weighted by molar-refractivity contribution is 7.91. The van der Waals surface area contributed by atoms with Crippen molar-refractivity contribution in [1.29, 1.82) is 0 Å². The molecule has 1 aromatic heterocycles. The Morgan fingerprint density at radius 2 is 2.00 bits per heavy atom. The van der Waals surface area contributed by atoms with Crippen molar-refractivity contribution in [2.75, 3.05) is 32.4 Å². The van der Waals surface area contributed by atoms with Crippen LogP contribution < -0.4 is 5.73 Å². The van der Waals surface area contributed by atoms with Gasteiger partial charge in [0.25, 0.3) is 10.0 Å². The summed E-state index contributed by atoms with van der Waals surface area (Å²) in [5.74, 6) is -0.228. The largest absolute Gasteiger partial charge is 0.375 e. The summed E-state index contributed by atoms with van der Waals surface area (Å²) in [7, 11) is -2.33. The van der Waals surface area contributed by atoms with Crippen molar-refractivity contribution in [2.45, 2.75) is 18.1 Å². The molecule has 0 spiro atoms. The van der Waals surface area contributed by atoms with E-state index < -0.39 is 10.0 Å². The first-order valence-corrected chi connectivity index (χ1v) is 8.04. The van der Waals surface area contributed by atoms with Crippen LogP contribution in [-0.4, -0.2) is 55.2 Å². The number of rotatable bonds is 6. The fraction of sp³-hybridized carbons (Fsp3) is 0.600. The van der Waals surface area contributed by atoms with Gasteiger partial charge in [-0.15, -0.1) is 0 Å². The van der Waals surface area contributed by atoms with Gasteiger partial charge >= 0.3 is 0 Å². The molecule has 108 valence electrons. The van der Waals surface area contributed by atoms with Crippen molar-refractivity contribution in [3.8, 4) is 0 Å². The van der Waals surface area contributed by atoms with Gasteiger partial charge in [0.15, 0.2) is 9.34 Å². The second-order valence-corrected chi connectivity index (χ2v) is 7.18. The number of amides is 1. The molecule has 0 aromatic carbocycles. The Bertz CT molecular complexity index is 537. The molecule has 0 radical (unpaired) electrons. The topological polar surface area (TPSA) is 96.6 Å². The summed E-state index contributed by atoms with van der Waals surface area (Å²) in [4.78, 5) is 17.2. The number of nitrogens with zero attached hydrogens (tertiary/aromatic N) is 3. The summed E-state index contributed by atoms with van der Waals surface area (Å²) >= 11 is 0.882. The van der Waals surface area contributed by atoms with Crippen molar-refractivity contribution in [3.63, 3.8) is 0 Å². The first-order chi connectivity index (χ1) is 8.82. The molecule has 19 heavy (non-hydrogen) atoms. The molecule has 2 N–H and O–H groups in total. The van der Waals surface area contributed by atoms with E-state index in [1.807, 2.05) is 13.8 Å². The van der Waals surface area contributed by atoms with Crippen molar-refractivity contribution >= 4 is 32.4 Å². The van der Waals surface area contributed by atoms with Crippen LogP contribution in [0.2, 0.25) is 0 Å². The number of likely N-dealkylation sites (N-methyl/N-ethyl adjacent to an activating group) is 2. The van der Waals surface area contributed by atoms with Crippen LogP contribution in [-0.2, 0) is 14.8 Å². The monoisotopic (exact) mass is 306 g/mol. The normalized spacial score (nSPS) is 11.8. The van der Waals surface area contributed by atoms with E-state index >= 15 is 0 Å². The van der Waals surface area contributed by atoms with Gasteiger partial charge in [0.05, 0.1) is 12.7 Å². The zero-order valence-electron chi connectivity index (χ0n) is 11.2. The third-order valence-corrected chi connectivity index (χ3v) is 5.71. The third-order valence-electron chi connectivity index (χ3n) is 2.64. The van der Waals surface area contributed by atoms with Crippen LogP contribution in [0.4, 0.5) is 5.13 Å². The van der Waals surface area contributed by atoms with Gasteiger partial charge < -0.3 is 10.6 Å². The Kier molecular flexibility index (Phi) is 5.27. The molecule has 1 rings (SSSR count). The average Bonchev–Trinajstić information content (AvgIpc) is 2.78. The highest BCUT2D eigenvalue weighted by Crippen LogP contribution is 2.22. The van der Waals surface area contributed by atoms with Crippen LogP contribution in [0.1, 0.15) is 13.8 Å². The molecular formula is C10H18N4O3S2. The lowest BCUT2D eigenvalue weighted by atomic mass is 10.4. The lowest BCUT2D eigenvalue weighted by molar-refractivity contribution is -0.130. The molecule has 7 nitrogen and oxygen atoms in total. The number of aromatic nitrogens is 1. The maximum Gasteiger partial charge on any atom is 0.254 e. The third kappa shape index (κ3) is 3.64. The van der Waals surface area contributed by atoms with Crippen LogP contribution in [0.15, 0.2) is 10.4 Å². The van der Waals surface area contributed by atoms with E-state index in [1.54, 1.807) is 4.90 Å². The van der Waals surface area contributed by atoms with Crippen molar-refractivity contribution in [3.05, 3.63) is 6.20 Å². The highest BCUT2D eigenvalue weighted by atomic mass is 32.2. The second kappa shape index (κ2) is 6.31. The van der Waals surface area contributed by atoms with Crippen LogP contribution in [0, 0.1) is 0 Å². The summed E-state index contributed by atoms with van der Waals surface area (Å²) in [6, 6.07) is 0.